The van der Waals surface area contributed by atoms with Gasteiger partial charge in [0.15, 0.2) is 0 Å². The molecule has 86 valence electrons. The standard InChI is InChI=1S/C14H25N/c1-10(2)11(3)8-15-9-14-7-12-4-5-13(14)6-12/h4-5,10-15H,6-9H2,1-3H3. The third-order valence-electron chi connectivity index (χ3n) is 4.43. The summed E-state index contributed by atoms with van der Waals surface area (Å²) >= 11 is 0. The first-order chi connectivity index (χ1) is 7.16. The minimum atomic E-state index is 0.803. The lowest BCUT2D eigenvalue weighted by atomic mass is 9.93. The Balaban J connectivity index is 1.65. The summed E-state index contributed by atoms with van der Waals surface area (Å²) in [7, 11) is 0. The highest BCUT2D eigenvalue weighted by molar-refractivity contribution is 5.10. The Morgan fingerprint density at radius 3 is 2.53 bits per heavy atom. The van der Waals surface area contributed by atoms with Gasteiger partial charge >= 0.3 is 0 Å². The van der Waals surface area contributed by atoms with Crippen molar-refractivity contribution in [2.24, 2.45) is 29.6 Å². The van der Waals surface area contributed by atoms with Gasteiger partial charge in [-0.15, -0.1) is 0 Å². The maximum Gasteiger partial charge on any atom is -0.00146 e. The number of hydrogen-bond donors (Lipinski definition) is 1. The van der Waals surface area contributed by atoms with E-state index in [2.05, 4.69) is 38.2 Å². The molecule has 4 unspecified atom stereocenters. The Hall–Kier alpha value is -0.300. The summed E-state index contributed by atoms with van der Waals surface area (Å²) in [5, 5.41) is 3.66. The van der Waals surface area contributed by atoms with Crippen LogP contribution in [0.3, 0.4) is 0 Å². The summed E-state index contributed by atoms with van der Waals surface area (Å²) in [5.41, 5.74) is 0. The maximum atomic E-state index is 3.66. The zero-order valence-electron chi connectivity index (χ0n) is 10.4. The van der Waals surface area contributed by atoms with Gasteiger partial charge in [0.1, 0.15) is 0 Å². The zero-order valence-corrected chi connectivity index (χ0v) is 10.4. The van der Waals surface area contributed by atoms with E-state index in [1.807, 2.05) is 0 Å². The molecule has 0 radical (unpaired) electrons. The van der Waals surface area contributed by atoms with E-state index < -0.39 is 0 Å². The SMILES string of the molecule is CC(C)C(C)CNCC1CC2C=CC1C2. The molecule has 0 spiro atoms. The molecule has 0 aromatic carbocycles. The van der Waals surface area contributed by atoms with Crippen LogP contribution in [0.15, 0.2) is 12.2 Å². The fraction of sp³-hybridized carbons (Fsp3) is 0.857. The molecule has 0 aliphatic heterocycles. The molecule has 2 aliphatic rings. The van der Waals surface area contributed by atoms with Gasteiger partial charge in [-0.25, -0.2) is 0 Å². The molecular weight excluding hydrogens is 182 g/mol. The van der Waals surface area contributed by atoms with Gasteiger partial charge in [0.05, 0.1) is 0 Å². The van der Waals surface area contributed by atoms with Crippen molar-refractivity contribution < 1.29 is 0 Å². The zero-order chi connectivity index (χ0) is 10.8. The predicted molar refractivity (Wildman–Crippen MR) is 65.7 cm³/mol. The van der Waals surface area contributed by atoms with E-state index in [0.717, 1.165) is 29.6 Å². The molecule has 0 saturated heterocycles. The average molecular weight is 207 g/mol. The fourth-order valence-corrected chi connectivity index (χ4v) is 2.86. The van der Waals surface area contributed by atoms with Crippen molar-refractivity contribution in [2.75, 3.05) is 13.1 Å². The topological polar surface area (TPSA) is 12.0 Å². The Bertz CT molecular complexity index is 231. The maximum absolute atomic E-state index is 3.66. The Morgan fingerprint density at radius 2 is 2.00 bits per heavy atom. The number of fused-ring (bicyclic) bond motifs is 2. The van der Waals surface area contributed by atoms with E-state index in [4.69, 9.17) is 0 Å². The lowest BCUT2D eigenvalue weighted by Gasteiger charge is -2.21. The molecule has 1 saturated carbocycles. The van der Waals surface area contributed by atoms with E-state index in [0.29, 0.717) is 0 Å². The Labute approximate surface area is 94.3 Å². The molecule has 15 heavy (non-hydrogen) atoms. The summed E-state index contributed by atoms with van der Waals surface area (Å²) in [4.78, 5) is 0. The third-order valence-corrected chi connectivity index (χ3v) is 4.43. The van der Waals surface area contributed by atoms with Crippen LogP contribution in [0.5, 0.6) is 0 Å². The van der Waals surface area contributed by atoms with Gasteiger partial charge in [0.25, 0.3) is 0 Å². The highest BCUT2D eigenvalue weighted by atomic mass is 14.9. The van der Waals surface area contributed by atoms with E-state index in [9.17, 15) is 0 Å². The average Bonchev–Trinajstić information content (AvgIpc) is 2.78. The summed E-state index contributed by atoms with van der Waals surface area (Å²) in [6, 6.07) is 0. The Morgan fingerprint density at radius 1 is 1.20 bits per heavy atom. The highest BCUT2D eigenvalue weighted by Crippen LogP contribution is 2.42. The van der Waals surface area contributed by atoms with Crippen molar-refractivity contribution in [3.63, 3.8) is 0 Å². The van der Waals surface area contributed by atoms with Crippen molar-refractivity contribution in [1.82, 2.24) is 5.32 Å². The van der Waals surface area contributed by atoms with Crippen LogP contribution in [0, 0.1) is 29.6 Å². The summed E-state index contributed by atoms with van der Waals surface area (Å²) < 4.78 is 0. The van der Waals surface area contributed by atoms with Gasteiger partial charge in [-0.1, -0.05) is 32.9 Å². The van der Waals surface area contributed by atoms with Crippen LogP contribution in [-0.2, 0) is 0 Å². The lowest BCUT2D eigenvalue weighted by molar-refractivity contribution is 0.354. The molecule has 1 heteroatoms. The second-order valence-electron chi connectivity index (χ2n) is 5.92. The van der Waals surface area contributed by atoms with Crippen LogP contribution in [0.25, 0.3) is 0 Å². The van der Waals surface area contributed by atoms with Crippen LogP contribution >= 0.6 is 0 Å². The minimum absolute atomic E-state index is 0.803. The first-order valence-corrected chi connectivity index (χ1v) is 6.56. The van der Waals surface area contributed by atoms with Crippen LogP contribution in [0.4, 0.5) is 0 Å². The lowest BCUT2D eigenvalue weighted by Crippen LogP contribution is -2.30. The van der Waals surface area contributed by atoms with E-state index >= 15 is 0 Å². The van der Waals surface area contributed by atoms with Crippen molar-refractivity contribution in [3.05, 3.63) is 12.2 Å². The monoisotopic (exact) mass is 207 g/mol. The molecule has 0 amide bonds. The number of nitrogens with one attached hydrogen (secondary N) is 1. The molecule has 1 nitrogen and oxygen atoms in total. The summed E-state index contributed by atoms with van der Waals surface area (Å²) in [6.07, 6.45) is 7.75. The molecule has 0 aromatic heterocycles. The number of hydrogen-bond acceptors (Lipinski definition) is 1. The smallest absolute Gasteiger partial charge is 0.00146 e. The minimum Gasteiger partial charge on any atom is -0.316 e. The molecule has 1 fully saturated rings. The molecule has 2 rings (SSSR count). The van der Waals surface area contributed by atoms with Gasteiger partial charge in [-0.2, -0.15) is 0 Å². The normalized spacial score (nSPS) is 35.3. The van der Waals surface area contributed by atoms with E-state index in [1.165, 1.54) is 25.9 Å². The second kappa shape index (κ2) is 4.69. The largest absolute Gasteiger partial charge is 0.316 e. The number of allylic oxidation sites excluding steroid dienone is 2. The van der Waals surface area contributed by atoms with Crippen molar-refractivity contribution in [1.29, 1.82) is 0 Å². The fourth-order valence-electron chi connectivity index (χ4n) is 2.86. The first kappa shape index (κ1) is 11.2. The van der Waals surface area contributed by atoms with Gasteiger partial charge in [0, 0.05) is 0 Å². The van der Waals surface area contributed by atoms with E-state index in [1.54, 1.807) is 0 Å². The second-order valence-corrected chi connectivity index (χ2v) is 5.92. The molecule has 0 aromatic rings. The number of rotatable bonds is 5. The first-order valence-electron chi connectivity index (χ1n) is 6.56. The summed E-state index contributed by atoms with van der Waals surface area (Å²) in [5.74, 6) is 4.36. The van der Waals surface area contributed by atoms with Crippen LogP contribution in [0.1, 0.15) is 33.6 Å². The van der Waals surface area contributed by atoms with Crippen LogP contribution in [0.2, 0.25) is 0 Å². The molecule has 4 atom stereocenters. The Kier molecular flexibility index (Phi) is 3.50. The van der Waals surface area contributed by atoms with Gasteiger partial charge in [-0.3, -0.25) is 0 Å². The van der Waals surface area contributed by atoms with Crippen molar-refractivity contribution in [3.8, 4) is 0 Å². The van der Waals surface area contributed by atoms with Crippen molar-refractivity contribution in [2.45, 2.75) is 33.6 Å². The van der Waals surface area contributed by atoms with Gasteiger partial charge in [-0.05, 0) is 55.5 Å². The molecule has 2 aliphatic carbocycles. The molecule has 1 N–H and O–H groups in total. The van der Waals surface area contributed by atoms with Gasteiger partial charge in [0.2, 0.25) is 0 Å². The molecule has 0 heterocycles. The summed E-state index contributed by atoms with van der Waals surface area (Å²) in [6.45, 7) is 9.40. The molecular formula is C14H25N. The van der Waals surface area contributed by atoms with Crippen molar-refractivity contribution >= 4 is 0 Å². The quantitative estimate of drug-likeness (QED) is 0.683. The van der Waals surface area contributed by atoms with E-state index in [-0.39, 0.29) is 0 Å². The van der Waals surface area contributed by atoms with Crippen LogP contribution in [-0.4, -0.2) is 13.1 Å². The third kappa shape index (κ3) is 2.63. The highest BCUT2D eigenvalue weighted by Gasteiger charge is 2.34. The predicted octanol–water partition coefficient (Wildman–Crippen LogP) is 3.08. The molecule has 2 bridgehead atoms. The van der Waals surface area contributed by atoms with Gasteiger partial charge < -0.3 is 5.32 Å². The van der Waals surface area contributed by atoms with Crippen LogP contribution < -0.4 is 5.32 Å².